The van der Waals surface area contributed by atoms with Crippen LogP contribution in [-0.2, 0) is 9.53 Å². The van der Waals surface area contributed by atoms with Gasteiger partial charge in [-0.2, -0.15) is 10.2 Å². The summed E-state index contributed by atoms with van der Waals surface area (Å²) in [5.74, 6) is 4.28. The van der Waals surface area contributed by atoms with E-state index >= 15 is 0 Å². The Morgan fingerprint density at radius 3 is 2.91 bits per heavy atom. The number of carbonyl (C=O) groups excluding carboxylic acids is 2. The predicted octanol–water partition coefficient (Wildman–Crippen LogP) is 0.580. The van der Waals surface area contributed by atoms with E-state index in [-0.39, 0.29) is 34.8 Å². The van der Waals surface area contributed by atoms with Crippen LogP contribution in [-0.4, -0.2) is 74.4 Å². The van der Waals surface area contributed by atoms with E-state index in [1.807, 2.05) is 0 Å². The van der Waals surface area contributed by atoms with Crippen LogP contribution in [0.15, 0.2) is 31.2 Å². The molecule has 1 aliphatic rings. The molecule has 176 valence electrons. The van der Waals surface area contributed by atoms with Crippen molar-refractivity contribution in [3.63, 3.8) is 0 Å². The van der Waals surface area contributed by atoms with Crippen molar-refractivity contribution >= 4 is 23.3 Å². The Bertz CT molecular complexity index is 1340. The first-order chi connectivity index (χ1) is 16.4. The molecule has 0 radical (unpaired) electrons. The Labute approximate surface area is 194 Å². The maximum Gasteiger partial charge on any atom is 0.255 e. The number of nitrogens with zero attached hydrogens (tertiary/aromatic N) is 6. The molecular formula is C22H23FN8O3. The second-order valence-corrected chi connectivity index (χ2v) is 7.67. The molecule has 34 heavy (non-hydrogen) atoms. The quantitative estimate of drug-likeness (QED) is 0.401. The molecule has 0 bridgehead atoms. The highest BCUT2D eigenvalue weighted by atomic mass is 19.1. The average Bonchev–Trinajstić information content (AvgIpc) is 3.53. The predicted molar refractivity (Wildman–Crippen MR) is 120 cm³/mol. The van der Waals surface area contributed by atoms with Crippen LogP contribution in [0.1, 0.15) is 34.1 Å². The molecule has 2 atom stereocenters. The van der Waals surface area contributed by atoms with Crippen LogP contribution in [0, 0.1) is 17.7 Å². The molecule has 0 unspecified atom stereocenters. The van der Waals surface area contributed by atoms with Crippen molar-refractivity contribution in [3.8, 4) is 11.8 Å². The number of likely N-dealkylation sites (tertiary alicyclic amines) is 1. The number of primary amides is 1. The summed E-state index contributed by atoms with van der Waals surface area (Å²) in [5, 5.41) is 11.4. The molecule has 1 fully saturated rings. The van der Waals surface area contributed by atoms with Crippen molar-refractivity contribution in [3.05, 3.63) is 53.9 Å². The number of hydrogen-bond donors (Lipinski definition) is 2. The molecule has 2 amide bonds. The van der Waals surface area contributed by atoms with Gasteiger partial charge < -0.3 is 20.7 Å². The third-order valence-corrected chi connectivity index (χ3v) is 5.63. The minimum atomic E-state index is -0.738. The molecule has 4 heterocycles. The van der Waals surface area contributed by atoms with Crippen molar-refractivity contribution in [1.82, 2.24) is 29.3 Å². The number of ether oxygens (including phenoxy) is 1. The van der Waals surface area contributed by atoms with Crippen molar-refractivity contribution in [2.75, 3.05) is 32.6 Å². The van der Waals surface area contributed by atoms with Gasteiger partial charge in [0.25, 0.3) is 5.91 Å². The molecular weight excluding hydrogens is 443 g/mol. The number of aromatic nitrogens is 5. The summed E-state index contributed by atoms with van der Waals surface area (Å²) in [4.78, 5) is 30.2. The highest BCUT2D eigenvalue weighted by Crippen LogP contribution is 2.32. The zero-order valence-electron chi connectivity index (χ0n) is 18.7. The van der Waals surface area contributed by atoms with E-state index in [1.165, 1.54) is 29.2 Å². The number of anilines is 1. The summed E-state index contributed by atoms with van der Waals surface area (Å²) in [7, 11) is 3.19. The lowest BCUT2D eigenvalue weighted by Crippen LogP contribution is -2.37. The van der Waals surface area contributed by atoms with Gasteiger partial charge in [-0.05, 0) is 18.4 Å². The van der Waals surface area contributed by atoms with E-state index in [4.69, 9.17) is 10.5 Å². The minimum Gasteiger partial charge on any atom is -0.383 e. The van der Waals surface area contributed by atoms with Crippen molar-refractivity contribution in [2.45, 2.75) is 18.5 Å². The Kier molecular flexibility index (Phi) is 6.29. The number of carbonyl (C=O) groups is 2. The van der Waals surface area contributed by atoms with Gasteiger partial charge in [0.2, 0.25) is 5.91 Å². The smallest absolute Gasteiger partial charge is 0.255 e. The van der Waals surface area contributed by atoms with Gasteiger partial charge in [0, 0.05) is 33.0 Å². The first-order valence-electron chi connectivity index (χ1n) is 10.4. The Morgan fingerprint density at radius 2 is 2.24 bits per heavy atom. The number of hydrogen-bond acceptors (Lipinski definition) is 7. The maximum absolute atomic E-state index is 14.5. The Hall–Kier alpha value is -4.24. The monoisotopic (exact) mass is 466 g/mol. The maximum atomic E-state index is 14.5. The fourth-order valence-electron chi connectivity index (χ4n) is 4.12. The summed E-state index contributed by atoms with van der Waals surface area (Å²) >= 11 is 0. The largest absolute Gasteiger partial charge is 0.383 e. The van der Waals surface area contributed by atoms with Crippen LogP contribution in [0.3, 0.4) is 0 Å². The topological polar surface area (TPSA) is 133 Å². The molecule has 4 rings (SSSR count). The molecule has 3 aromatic rings. The van der Waals surface area contributed by atoms with Gasteiger partial charge in [-0.3, -0.25) is 9.59 Å². The lowest BCUT2D eigenvalue weighted by atomic mass is 10.1. The molecule has 0 aliphatic carbocycles. The van der Waals surface area contributed by atoms with Gasteiger partial charge in [0.15, 0.2) is 11.3 Å². The molecule has 1 aliphatic heterocycles. The summed E-state index contributed by atoms with van der Waals surface area (Å²) < 4.78 is 22.7. The van der Waals surface area contributed by atoms with Crippen LogP contribution >= 0.6 is 0 Å². The molecule has 11 nitrogen and oxygen atoms in total. The normalized spacial score (nSPS) is 17.4. The SMILES string of the molecule is C=CC(=O)N1C[C@@H](n2nc(C#Cc3cn4ncnc4cc3F)c(C(N)=O)c2NC)C[C@@H]1COC. The molecule has 1 saturated heterocycles. The number of nitrogens with one attached hydrogen (secondary N) is 1. The van der Waals surface area contributed by atoms with Crippen molar-refractivity contribution < 1.29 is 18.7 Å². The van der Waals surface area contributed by atoms with Gasteiger partial charge >= 0.3 is 0 Å². The third-order valence-electron chi connectivity index (χ3n) is 5.63. The molecule has 0 aromatic carbocycles. The minimum absolute atomic E-state index is 0.0535. The standard InChI is InChI=1S/C22H23FN8O3/c1-4-19(32)29-10-14(7-15(29)11-34-3)31-22(25-2)20(21(24)33)17(28-31)6-5-13-9-30-18(8-16(13)23)26-12-27-30/h4,8-9,12,14-15,25H,1,7,10-11H2,2-3H3,(H2,24,33)/t14-,15+/m0/s1. The zero-order valence-corrected chi connectivity index (χ0v) is 18.7. The lowest BCUT2D eigenvalue weighted by Gasteiger charge is -2.22. The second kappa shape index (κ2) is 9.32. The number of rotatable bonds is 6. The first-order valence-corrected chi connectivity index (χ1v) is 10.4. The van der Waals surface area contributed by atoms with E-state index in [0.717, 1.165) is 0 Å². The van der Waals surface area contributed by atoms with Gasteiger partial charge in [-0.1, -0.05) is 12.5 Å². The van der Waals surface area contributed by atoms with E-state index in [2.05, 4.69) is 38.9 Å². The van der Waals surface area contributed by atoms with Crippen LogP contribution in [0.2, 0.25) is 0 Å². The van der Waals surface area contributed by atoms with Gasteiger partial charge in [0.05, 0.1) is 24.3 Å². The second-order valence-electron chi connectivity index (χ2n) is 7.67. The number of nitrogens with two attached hydrogens (primary N) is 1. The summed E-state index contributed by atoms with van der Waals surface area (Å²) in [6.45, 7) is 4.23. The fourth-order valence-corrected chi connectivity index (χ4v) is 4.12. The molecule has 3 aromatic heterocycles. The van der Waals surface area contributed by atoms with Gasteiger partial charge in [-0.25, -0.2) is 18.6 Å². The first kappa shape index (κ1) is 22.9. The van der Waals surface area contributed by atoms with Crippen molar-refractivity contribution in [1.29, 1.82) is 0 Å². The lowest BCUT2D eigenvalue weighted by molar-refractivity contribution is -0.127. The number of pyridine rings is 1. The third kappa shape index (κ3) is 4.08. The van der Waals surface area contributed by atoms with Crippen LogP contribution in [0.5, 0.6) is 0 Å². The molecule has 0 spiro atoms. The van der Waals surface area contributed by atoms with E-state index in [9.17, 15) is 14.0 Å². The number of fused-ring (bicyclic) bond motifs is 1. The highest BCUT2D eigenvalue weighted by Gasteiger charge is 2.37. The van der Waals surface area contributed by atoms with Crippen LogP contribution in [0.4, 0.5) is 10.2 Å². The van der Waals surface area contributed by atoms with Crippen LogP contribution in [0.25, 0.3) is 5.65 Å². The Balaban J connectivity index is 1.75. The number of methoxy groups -OCH3 is 1. The van der Waals surface area contributed by atoms with Crippen molar-refractivity contribution in [2.24, 2.45) is 5.73 Å². The van der Waals surface area contributed by atoms with Gasteiger partial charge in [0.1, 0.15) is 23.5 Å². The zero-order chi connectivity index (χ0) is 24.4. The van der Waals surface area contributed by atoms with E-state index in [1.54, 1.807) is 23.7 Å². The summed E-state index contributed by atoms with van der Waals surface area (Å²) in [5.41, 5.74) is 6.20. The summed E-state index contributed by atoms with van der Waals surface area (Å²) in [6.07, 6.45) is 4.48. The number of amides is 2. The Morgan fingerprint density at radius 1 is 1.44 bits per heavy atom. The average molecular weight is 466 g/mol. The van der Waals surface area contributed by atoms with E-state index < -0.39 is 11.7 Å². The van der Waals surface area contributed by atoms with Gasteiger partial charge in [-0.15, -0.1) is 0 Å². The number of halogens is 1. The van der Waals surface area contributed by atoms with E-state index in [0.29, 0.717) is 31.0 Å². The van der Waals surface area contributed by atoms with Crippen LogP contribution < -0.4 is 11.1 Å². The molecule has 0 saturated carbocycles. The molecule has 3 N–H and O–H groups in total. The fraction of sp³-hybridized carbons (Fsp3) is 0.318. The summed E-state index contributed by atoms with van der Waals surface area (Å²) in [6, 6.07) is 0.747. The molecule has 12 heteroatoms. The highest BCUT2D eigenvalue weighted by molar-refractivity contribution is 6.00.